The Morgan fingerprint density at radius 3 is 1.91 bits per heavy atom. The monoisotopic (exact) mass is 314 g/mol. The maximum Gasteiger partial charge on any atom is 0.237 e. The predicted molar refractivity (Wildman–Crippen MR) is 99.8 cm³/mol. The number of benzene rings is 1. The maximum absolute atomic E-state index is 12.7. The summed E-state index contributed by atoms with van der Waals surface area (Å²) in [6.07, 6.45) is 1.69. The lowest BCUT2D eigenvalue weighted by Gasteiger charge is -2.29. The quantitative estimate of drug-likeness (QED) is 0.792. The Morgan fingerprint density at radius 2 is 1.43 bits per heavy atom. The van der Waals surface area contributed by atoms with E-state index in [2.05, 4.69) is 4.98 Å². The molecule has 0 aliphatic carbocycles. The van der Waals surface area contributed by atoms with Crippen LogP contribution in [0.2, 0.25) is 0 Å². The second-order valence-corrected chi connectivity index (χ2v) is 5.04. The molecule has 0 N–H and O–H groups in total. The summed E-state index contributed by atoms with van der Waals surface area (Å²) >= 11 is 0. The van der Waals surface area contributed by atoms with Crippen LogP contribution >= 0.6 is 0 Å². The van der Waals surface area contributed by atoms with E-state index in [9.17, 15) is 4.79 Å². The molecule has 1 amide bonds. The molecule has 3 heteroatoms. The number of carbonyl (C=O) groups is 1. The van der Waals surface area contributed by atoms with Gasteiger partial charge < -0.3 is 0 Å². The minimum atomic E-state index is -0.576. The van der Waals surface area contributed by atoms with Gasteiger partial charge in [-0.25, -0.2) is 4.98 Å². The first-order valence-electron chi connectivity index (χ1n) is 8.28. The second-order valence-electron chi connectivity index (χ2n) is 5.04. The molecule has 1 aromatic heterocycles. The van der Waals surface area contributed by atoms with Gasteiger partial charge in [-0.1, -0.05) is 64.1 Å². The Morgan fingerprint density at radius 1 is 0.913 bits per heavy atom. The zero-order valence-electron chi connectivity index (χ0n) is 15.5. The van der Waals surface area contributed by atoms with Crippen LogP contribution in [-0.4, -0.2) is 17.9 Å². The molecular formula is C20H30N2O. The van der Waals surface area contributed by atoms with Crippen LogP contribution in [0.15, 0.2) is 54.7 Å². The number of aromatic nitrogens is 1. The molecule has 0 atom stereocenters. The Labute approximate surface area is 141 Å². The minimum Gasteiger partial charge on any atom is -0.299 e. The lowest BCUT2D eigenvalue weighted by Crippen LogP contribution is -2.41. The summed E-state index contributed by atoms with van der Waals surface area (Å²) in [4.78, 5) is 18.5. The highest BCUT2D eigenvalue weighted by atomic mass is 16.2. The van der Waals surface area contributed by atoms with Crippen LogP contribution in [0.5, 0.6) is 0 Å². The van der Waals surface area contributed by atoms with E-state index in [1.807, 2.05) is 90.1 Å². The fourth-order valence-corrected chi connectivity index (χ4v) is 2.05. The number of rotatable bonds is 3. The summed E-state index contributed by atoms with van der Waals surface area (Å²) in [6.45, 7) is 11.9. The number of hydrogen-bond donors (Lipinski definition) is 0. The predicted octanol–water partition coefficient (Wildman–Crippen LogP) is 5.07. The van der Waals surface area contributed by atoms with Gasteiger partial charge in [0.05, 0.1) is 5.41 Å². The number of hydrogen-bond acceptors (Lipinski definition) is 2. The average molecular weight is 314 g/mol. The van der Waals surface area contributed by atoms with Crippen molar-refractivity contribution < 1.29 is 4.79 Å². The van der Waals surface area contributed by atoms with Crippen LogP contribution in [-0.2, 0) is 10.2 Å². The Kier molecular flexibility index (Phi) is 9.56. The Balaban J connectivity index is 0.00000112. The summed E-state index contributed by atoms with van der Waals surface area (Å²) < 4.78 is 0. The fourth-order valence-electron chi connectivity index (χ4n) is 2.05. The van der Waals surface area contributed by atoms with Gasteiger partial charge in [-0.05, 0) is 31.5 Å². The van der Waals surface area contributed by atoms with E-state index >= 15 is 0 Å². The van der Waals surface area contributed by atoms with E-state index in [0.717, 1.165) is 5.56 Å². The van der Waals surface area contributed by atoms with Gasteiger partial charge in [0, 0.05) is 13.2 Å². The van der Waals surface area contributed by atoms with Crippen molar-refractivity contribution in [2.24, 2.45) is 0 Å². The van der Waals surface area contributed by atoms with Gasteiger partial charge >= 0.3 is 0 Å². The third-order valence-corrected chi connectivity index (χ3v) is 3.33. The van der Waals surface area contributed by atoms with Crippen LogP contribution in [0.3, 0.4) is 0 Å². The number of amides is 1. The first kappa shape index (κ1) is 20.8. The van der Waals surface area contributed by atoms with Crippen molar-refractivity contribution in [1.29, 1.82) is 0 Å². The molecule has 1 aromatic carbocycles. The highest BCUT2D eigenvalue weighted by Gasteiger charge is 2.33. The van der Waals surface area contributed by atoms with Crippen molar-refractivity contribution in [3.8, 4) is 0 Å². The molecule has 0 unspecified atom stereocenters. The summed E-state index contributed by atoms with van der Waals surface area (Å²) in [6, 6.07) is 15.3. The van der Waals surface area contributed by atoms with E-state index in [0.29, 0.717) is 5.82 Å². The van der Waals surface area contributed by atoms with Crippen LogP contribution in [0.1, 0.15) is 47.1 Å². The molecule has 0 radical (unpaired) electrons. The zero-order valence-corrected chi connectivity index (χ0v) is 15.5. The molecule has 0 saturated carbocycles. The fraction of sp³-hybridized carbons (Fsp3) is 0.400. The molecule has 0 bridgehead atoms. The summed E-state index contributed by atoms with van der Waals surface area (Å²) in [5.41, 5.74) is 0.427. The maximum atomic E-state index is 12.7. The third-order valence-electron chi connectivity index (χ3n) is 3.33. The first-order chi connectivity index (χ1) is 11.0. The van der Waals surface area contributed by atoms with Crippen LogP contribution < -0.4 is 4.90 Å². The van der Waals surface area contributed by atoms with Gasteiger partial charge in [0.15, 0.2) is 0 Å². The van der Waals surface area contributed by atoms with E-state index in [1.54, 1.807) is 18.1 Å². The molecule has 2 rings (SSSR count). The minimum absolute atomic E-state index is 0.0254. The molecule has 0 aliphatic rings. The van der Waals surface area contributed by atoms with E-state index in [-0.39, 0.29) is 5.91 Å². The third kappa shape index (κ3) is 5.51. The first-order valence-corrected chi connectivity index (χ1v) is 8.28. The molecule has 0 spiro atoms. The smallest absolute Gasteiger partial charge is 0.237 e. The number of carbonyl (C=O) groups excluding carboxylic acids is 1. The molecule has 0 saturated heterocycles. The summed E-state index contributed by atoms with van der Waals surface area (Å²) in [5, 5.41) is 0. The van der Waals surface area contributed by atoms with Crippen LogP contribution in [0.4, 0.5) is 5.82 Å². The topological polar surface area (TPSA) is 33.2 Å². The second kappa shape index (κ2) is 10.5. The van der Waals surface area contributed by atoms with Gasteiger partial charge in [-0.2, -0.15) is 0 Å². The molecular weight excluding hydrogens is 284 g/mol. The number of anilines is 1. The van der Waals surface area contributed by atoms with Crippen molar-refractivity contribution in [2.45, 2.75) is 47.0 Å². The van der Waals surface area contributed by atoms with Crippen LogP contribution in [0.25, 0.3) is 0 Å². The van der Waals surface area contributed by atoms with E-state index in [1.165, 1.54) is 0 Å². The number of likely N-dealkylation sites (N-methyl/N-ethyl adjacent to an activating group) is 1. The normalized spacial score (nSPS) is 9.70. The molecule has 23 heavy (non-hydrogen) atoms. The highest BCUT2D eigenvalue weighted by Crippen LogP contribution is 2.26. The SMILES string of the molecule is CC.CC.CN(C(=O)C(C)(C)c1ccccc1)c1ccccn1. The van der Waals surface area contributed by atoms with Crippen molar-refractivity contribution in [3.05, 3.63) is 60.3 Å². The highest BCUT2D eigenvalue weighted by molar-refractivity contribution is 5.99. The Hall–Kier alpha value is -2.16. The van der Waals surface area contributed by atoms with Crippen molar-refractivity contribution in [3.63, 3.8) is 0 Å². The summed E-state index contributed by atoms with van der Waals surface area (Å²) in [7, 11) is 1.76. The van der Waals surface area contributed by atoms with Crippen molar-refractivity contribution in [2.75, 3.05) is 11.9 Å². The van der Waals surface area contributed by atoms with E-state index < -0.39 is 5.41 Å². The largest absolute Gasteiger partial charge is 0.299 e. The summed E-state index contributed by atoms with van der Waals surface area (Å²) in [5.74, 6) is 0.689. The lowest BCUT2D eigenvalue weighted by molar-refractivity contribution is -0.122. The van der Waals surface area contributed by atoms with Gasteiger partial charge in [0.2, 0.25) is 5.91 Å². The van der Waals surface area contributed by atoms with Gasteiger partial charge in [-0.3, -0.25) is 9.69 Å². The molecule has 0 fully saturated rings. The lowest BCUT2D eigenvalue weighted by atomic mass is 9.83. The molecule has 3 nitrogen and oxygen atoms in total. The standard InChI is InChI=1S/C16H18N2O.2C2H6/c1-16(2,13-9-5-4-6-10-13)15(19)18(3)14-11-7-8-12-17-14;2*1-2/h4-12H,1-3H3;2*1-2H3. The number of pyridine rings is 1. The molecule has 126 valence electrons. The molecule has 2 aromatic rings. The van der Waals surface area contributed by atoms with Crippen molar-refractivity contribution in [1.82, 2.24) is 4.98 Å². The number of nitrogens with zero attached hydrogens (tertiary/aromatic N) is 2. The van der Waals surface area contributed by atoms with E-state index in [4.69, 9.17) is 0 Å². The Bertz CT molecular complexity index is 550. The van der Waals surface area contributed by atoms with Gasteiger partial charge in [0.25, 0.3) is 0 Å². The van der Waals surface area contributed by atoms with Gasteiger partial charge in [-0.15, -0.1) is 0 Å². The van der Waals surface area contributed by atoms with Gasteiger partial charge in [0.1, 0.15) is 5.82 Å². The molecule has 0 aliphatic heterocycles. The average Bonchev–Trinajstić information content (AvgIpc) is 2.65. The zero-order chi connectivity index (χ0) is 17.9. The van der Waals surface area contributed by atoms with Crippen molar-refractivity contribution >= 4 is 11.7 Å². The van der Waals surface area contributed by atoms with Crippen LogP contribution in [0, 0.1) is 0 Å². The molecule has 1 heterocycles.